The van der Waals surface area contributed by atoms with Crippen LogP contribution in [0.15, 0.2) is 34.9 Å². The molecule has 0 fully saturated rings. The molecule has 1 N–H and O–H groups in total. The minimum Gasteiger partial charge on any atom is -0.305 e. The number of nitrogens with one attached hydrogen (secondary N) is 1. The van der Waals surface area contributed by atoms with Gasteiger partial charge in [-0.2, -0.15) is 0 Å². The summed E-state index contributed by atoms with van der Waals surface area (Å²) in [4.78, 5) is 7.00. The maximum Gasteiger partial charge on any atom is 0.194 e. The molecule has 3 aromatic rings. The van der Waals surface area contributed by atoms with E-state index < -0.39 is 0 Å². The van der Waals surface area contributed by atoms with E-state index in [1.165, 1.54) is 16.1 Å². The Morgan fingerprint density at radius 3 is 2.95 bits per heavy atom. The summed E-state index contributed by atoms with van der Waals surface area (Å²) >= 11 is 5.26. The minimum atomic E-state index is 0.298. The number of aryl methyl sites for hydroxylation is 2. The van der Waals surface area contributed by atoms with Crippen LogP contribution in [0.5, 0.6) is 0 Å². The van der Waals surface area contributed by atoms with Crippen LogP contribution in [0.3, 0.4) is 0 Å². The molecular formula is C16H18BrN3S. The number of nitrogens with zero attached hydrogens (tertiary/aromatic N) is 2. The van der Waals surface area contributed by atoms with Crippen LogP contribution >= 0.6 is 27.3 Å². The van der Waals surface area contributed by atoms with Gasteiger partial charge in [0.2, 0.25) is 0 Å². The molecule has 0 spiro atoms. The Morgan fingerprint density at radius 2 is 2.19 bits per heavy atom. The van der Waals surface area contributed by atoms with Gasteiger partial charge >= 0.3 is 0 Å². The standard InChI is InChI=1S/C16H18BrN3S/c1-10-9-20-15(12(3)19-16(20)21-10)8-18-11(2)13-5-4-6-14(17)7-13/h4-7,9,11,18H,8H2,1-3H3. The fraction of sp³-hybridized carbons (Fsp3) is 0.312. The molecule has 2 heterocycles. The molecule has 1 unspecified atom stereocenters. The van der Waals surface area contributed by atoms with Crippen molar-refractivity contribution in [3.05, 3.63) is 56.8 Å². The van der Waals surface area contributed by atoms with E-state index in [1.54, 1.807) is 11.3 Å². The normalized spacial score (nSPS) is 13.0. The zero-order chi connectivity index (χ0) is 15.0. The Bertz CT molecular complexity index is 775. The first-order chi connectivity index (χ1) is 10.0. The zero-order valence-electron chi connectivity index (χ0n) is 12.4. The van der Waals surface area contributed by atoms with Crippen molar-refractivity contribution in [1.82, 2.24) is 14.7 Å². The topological polar surface area (TPSA) is 29.3 Å². The highest BCUT2D eigenvalue weighted by molar-refractivity contribution is 9.10. The Kier molecular flexibility index (Phi) is 4.15. The summed E-state index contributed by atoms with van der Waals surface area (Å²) in [6.07, 6.45) is 2.17. The Morgan fingerprint density at radius 1 is 1.38 bits per heavy atom. The lowest BCUT2D eigenvalue weighted by Crippen LogP contribution is -2.19. The van der Waals surface area contributed by atoms with Gasteiger partial charge < -0.3 is 5.32 Å². The van der Waals surface area contributed by atoms with Gasteiger partial charge in [0.25, 0.3) is 0 Å². The van der Waals surface area contributed by atoms with E-state index in [0.717, 1.165) is 21.7 Å². The smallest absolute Gasteiger partial charge is 0.194 e. The number of benzene rings is 1. The number of halogens is 1. The molecule has 0 saturated heterocycles. The zero-order valence-corrected chi connectivity index (χ0v) is 14.8. The van der Waals surface area contributed by atoms with Crippen molar-refractivity contribution < 1.29 is 0 Å². The molecule has 0 aliphatic rings. The number of aromatic nitrogens is 2. The van der Waals surface area contributed by atoms with Crippen molar-refractivity contribution in [3.63, 3.8) is 0 Å². The number of imidazole rings is 1. The van der Waals surface area contributed by atoms with Gasteiger partial charge in [0.05, 0.1) is 11.4 Å². The van der Waals surface area contributed by atoms with E-state index in [0.29, 0.717) is 6.04 Å². The molecule has 3 rings (SSSR count). The molecule has 3 nitrogen and oxygen atoms in total. The second kappa shape index (κ2) is 5.91. The summed E-state index contributed by atoms with van der Waals surface area (Å²) in [5.74, 6) is 0. The number of hydrogen-bond acceptors (Lipinski definition) is 3. The molecule has 0 aliphatic heterocycles. The number of fused-ring (bicyclic) bond motifs is 1. The van der Waals surface area contributed by atoms with Crippen LogP contribution in [0.4, 0.5) is 0 Å². The molecule has 1 aromatic carbocycles. The highest BCUT2D eigenvalue weighted by atomic mass is 79.9. The highest BCUT2D eigenvalue weighted by Gasteiger charge is 2.12. The maximum atomic E-state index is 4.63. The highest BCUT2D eigenvalue weighted by Crippen LogP contribution is 2.22. The number of hydrogen-bond donors (Lipinski definition) is 1. The summed E-state index contributed by atoms with van der Waals surface area (Å²) in [6.45, 7) is 7.21. The number of thiazole rings is 1. The van der Waals surface area contributed by atoms with Gasteiger partial charge in [-0.25, -0.2) is 4.98 Å². The minimum absolute atomic E-state index is 0.298. The first kappa shape index (κ1) is 14.8. The molecule has 0 radical (unpaired) electrons. The first-order valence-electron chi connectivity index (χ1n) is 6.97. The van der Waals surface area contributed by atoms with Crippen molar-refractivity contribution in [1.29, 1.82) is 0 Å². The van der Waals surface area contributed by atoms with Gasteiger partial charge in [-0.1, -0.05) is 28.1 Å². The van der Waals surface area contributed by atoms with Crippen molar-refractivity contribution in [2.24, 2.45) is 0 Å². The van der Waals surface area contributed by atoms with Crippen LogP contribution in [0.2, 0.25) is 0 Å². The molecule has 0 saturated carbocycles. The predicted molar refractivity (Wildman–Crippen MR) is 91.9 cm³/mol. The van der Waals surface area contributed by atoms with E-state index in [1.807, 2.05) is 0 Å². The van der Waals surface area contributed by atoms with Crippen LogP contribution in [0.25, 0.3) is 4.96 Å². The van der Waals surface area contributed by atoms with Gasteiger partial charge in [-0.05, 0) is 38.5 Å². The van der Waals surface area contributed by atoms with Crippen molar-refractivity contribution in [2.45, 2.75) is 33.4 Å². The van der Waals surface area contributed by atoms with Gasteiger partial charge in [0.15, 0.2) is 4.96 Å². The Labute approximate surface area is 137 Å². The van der Waals surface area contributed by atoms with E-state index in [9.17, 15) is 0 Å². The molecular weight excluding hydrogens is 346 g/mol. The first-order valence-corrected chi connectivity index (χ1v) is 8.58. The van der Waals surface area contributed by atoms with Crippen LogP contribution < -0.4 is 5.32 Å². The molecule has 5 heteroatoms. The fourth-order valence-electron chi connectivity index (χ4n) is 2.47. The van der Waals surface area contributed by atoms with Gasteiger partial charge in [0.1, 0.15) is 0 Å². The average molecular weight is 364 g/mol. The third kappa shape index (κ3) is 3.05. The van der Waals surface area contributed by atoms with E-state index in [-0.39, 0.29) is 0 Å². The molecule has 110 valence electrons. The molecule has 0 amide bonds. The number of rotatable bonds is 4. The van der Waals surface area contributed by atoms with Crippen LogP contribution in [0, 0.1) is 13.8 Å². The lowest BCUT2D eigenvalue weighted by molar-refractivity contribution is 0.564. The second-order valence-corrected chi connectivity index (χ2v) is 7.42. The molecule has 0 aliphatic carbocycles. The summed E-state index contributed by atoms with van der Waals surface area (Å²) in [7, 11) is 0. The van der Waals surface area contributed by atoms with Crippen LogP contribution in [0.1, 0.15) is 34.8 Å². The third-order valence-corrected chi connectivity index (χ3v) is 5.06. The van der Waals surface area contributed by atoms with Gasteiger partial charge in [-0.3, -0.25) is 4.40 Å². The Hall–Kier alpha value is -1.17. The quantitative estimate of drug-likeness (QED) is 0.732. The molecule has 0 bridgehead atoms. The molecule has 1 atom stereocenters. The molecule has 21 heavy (non-hydrogen) atoms. The van der Waals surface area contributed by atoms with Crippen molar-refractivity contribution >= 4 is 32.2 Å². The lowest BCUT2D eigenvalue weighted by Gasteiger charge is -2.14. The lowest BCUT2D eigenvalue weighted by atomic mass is 10.1. The van der Waals surface area contributed by atoms with E-state index in [4.69, 9.17) is 0 Å². The predicted octanol–water partition coefficient (Wildman–Crippen LogP) is 4.63. The van der Waals surface area contributed by atoms with E-state index in [2.05, 4.69) is 81.9 Å². The summed E-state index contributed by atoms with van der Waals surface area (Å²) < 4.78 is 3.32. The third-order valence-electron chi connectivity index (χ3n) is 3.67. The van der Waals surface area contributed by atoms with Crippen LogP contribution in [-0.2, 0) is 6.54 Å². The van der Waals surface area contributed by atoms with Crippen molar-refractivity contribution in [3.8, 4) is 0 Å². The van der Waals surface area contributed by atoms with Gasteiger partial charge in [0, 0.05) is 28.1 Å². The van der Waals surface area contributed by atoms with Crippen molar-refractivity contribution in [2.75, 3.05) is 0 Å². The summed E-state index contributed by atoms with van der Waals surface area (Å²) in [6, 6.07) is 8.73. The molecule has 2 aromatic heterocycles. The Balaban J connectivity index is 1.78. The summed E-state index contributed by atoms with van der Waals surface area (Å²) in [5.41, 5.74) is 3.63. The van der Waals surface area contributed by atoms with E-state index >= 15 is 0 Å². The van der Waals surface area contributed by atoms with Gasteiger partial charge in [-0.15, -0.1) is 11.3 Å². The maximum absolute atomic E-state index is 4.63. The second-order valence-electron chi connectivity index (χ2n) is 5.30. The SMILES string of the molecule is Cc1cn2c(CNC(C)c3cccc(Br)c3)c(C)nc2s1. The fourth-order valence-corrected chi connectivity index (χ4v) is 3.77. The van der Waals surface area contributed by atoms with Crippen LogP contribution in [-0.4, -0.2) is 9.38 Å². The monoisotopic (exact) mass is 363 g/mol. The average Bonchev–Trinajstić information content (AvgIpc) is 2.91. The largest absolute Gasteiger partial charge is 0.305 e. The summed E-state index contributed by atoms with van der Waals surface area (Å²) in [5, 5.41) is 3.59.